The summed E-state index contributed by atoms with van der Waals surface area (Å²) in [6.45, 7) is 2.40. The van der Waals surface area contributed by atoms with E-state index in [1.54, 1.807) is 19.1 Å². The second-order valence-corrected chi connectivity index (χ2v) is 6.53. The molecule has 1 aromatic carbocycles. The van der Waals surface area contributed by atoms with Crippen LogP contribution < -0.4 is 0 Å². The Labute approximate surface area is 155 Å². The van der Waals surface area contributed by atoms with Gasteiger partial charge in [0.25, 0.3) is 0 Å². The second-order valence-electron chi connectivity index (χ2n) is 5.34. The minimum Gasteiger partial charge on any atom is -0.435 e. The van der Waals surface area contributed by atoms with Crippen molar-refractivity contribution in [1.29, 1.82) is 0 Å². The van der Waals surface area contributed by atoms with Gasteiger partial charge in [0.15, 0.2) is 6.23 Å². The molecule has 5 nitrogen and oxygen atoms in total. The third-order valence-corrected chi connectivity index (χ3v) is 4.93. The number of hydrogen-bond donors (Lipinski definition) is 0. The molecule has 132 valence electrons. The molecule has 8 heteroatoms. The van der Waals surface area contributed by atoms with E-state index in [4.69, 9.17) is 44.3 Å². The molecule has 0 saturated carbocycles. The lowest BCUT2D eigenvalue weighted by Crippen LogP contribution is -2.46. The molecular formula is C16H18Cl3NO4. The van der Waals surface area contributed by atoms with Crippen LogP contribution in [0.1, 0.15) is 31.7 Å². The third-order valence-electron chi connectivity index (χ3n) is 3.73. The smallest absolute Gasteiger partial charge is 0.435 e. The van der Waals surface area contributed by atoms with Gasteiger partial charge in [-0.15, -0.1) is 0 Å². The molecule has 1 unspecified atom stereocenters. The lowest BCUT2D eigenvalue weighted by atomic mass is 10.1. The molecule has 1 aliphatic rings. The predicted molar refractivity (Wildman–Crippen MR) is 92.6 cm³/mol. The largest absolute Gasteiger partial charge is 0.510 e. The quantitative estimate of drug-likeness (QED) is 0.548. The standard InChI is InChI=1S/C16H18Cl3NO4/c1-2-23-16(22)24-14-5-3-4-8-20(14)13(21)9-10-11(17)6-7-12(18)15(10)19/h6-7,14H,2-5,8-9H2,1H3. The zero-order valence-corrected chi connectivity index (χ0v) is 15.5. The number of carbonyl (C=O) groups excluding carboxylic acids is 2. The number of carbonyl (C=O) groups is 2. The van der Waals surface area contributed by atoms with Gasteiger partial charge in [-0.25, -0.2) is 4.79 Å². The Morgan fingerprint density at radius 3 is 2.62 bits per heavy atom. The van der Waals surface area contributed by atoms with Crippen LogP contribution in [0.5, 0.6) is 0 Å². The van der Waals surface area contributed by atoms with Gasteiger partial charge in [0.2, 0.25) is 5.91 Å². The maximum atomic E-state index is 12.7. The van der Waals surface area contributed by atoms with E-state index in [0.717, 1.165) is 12.8 Å². The highest BCUT2D eigenvalue weighted by Gasteiger charge is 2.30. The van der Waals surface area contributed by atoms with Crippen LogP contribution in [0.2, 0.25) is 15.1 Å². The molecule has 0 bridgehead atoms. The summed E-state index contributed by atoms with van der Waals surface area (Å²) in [6.07, 6.45) is 0.850. The first-order chi connectivity index (χ1) is 11.4. The molecule has 1 aromatic rings. The van der Waals surface area contributed by atoms with E-state index in [0.29, 0.717) is 28.6 Å². The number of amides is 1. The lowest BCUT2D eigenvalue weighted by Gasteiger charge is -2.34. The van der Waals surface area contributed by atoms with Gasteiger partial charge in [-0.05, 0) is 31.9 Å². The van der Waals surface area contributed by atoms with Crippen molar-refractivity contribution in [3.8, 4) is 0 Å². The van der Waals surface area contributed by atoms with Crippen LogP contribution in [0.4, 0.5) is 4.79 Å². The zero-order valence-electron chi connectivity index (χ0n) is 13.2. The maximum Gasteiger partial charge on any atom is 0.510 e. The van der Waals surface area contributed by atoms with E-state index < -0.39 is 12.4 Å². The Balaban J connectivity index is 2.12. The van der Waals surface area contributed by atoms with Gasteiger partial charge in [0.05, 0.1) is 23.1 Å². The van der Waals surface area contributed by atoms with E-state index in [-0.39, 0.29) is 24.0 Å². The first-order valence-electron chi connectivity index (χ1n) is 7.69. The Morgan fingerprint density at radius 1 is 1.21 bits per heavy atom. The number of rotatable bonds is 4. The molecule has 1 heterocycles. The van der Waals surface area contributed by atoms with Crippen molar-refractivity contribution >= 4 is 46.9 Å². The van der Waals surface area contributed by atoms with Crippen LogP contribution >= 0.6 is 34.8 Å². The van der Waals surface area contributed by atoms with Crippen molar-refractivity contribution in [2.45, 2.75) is 38.8 Å². The van der Waals surface area contributed by atoms with Crippen LogP contribution in [-0.4, -0.2) is 36.3 Å². The fraction of sp³-hybridized carbons (Fsp3) is 0.500. The number of benzene rings is 1. The van der Waals surface area contributed by atoms with Crippen LogP contribution in [0.15, 0.2) is 12.1 Å². The van der Waals surface area contributed by atoms with Gasteiger partial charge in [-0.1, -0.05) is 34.8 Å². The average molecular weight is 395 g/mol. The van der Waals surface area contributed by atoms with Crippen molar-refractivity contribution in [3.05, 3.63) is 32.8 Å². The Hall–Kier alpha value is -1.17. The molecule has 1 aliphatic heterocycles. The minimum atomic E-state index is -0.777. The van der Waals surface area contributed by atoms with E-state index in [9.17, 15) is 9.59 Å². The van der Waals surface area contributed by atoms with Gasteiger partial charge in [0, 0.05) is 23.6 Å². The number of ether oxygens (including phenoxy) is 2. The summed E-state index contributed by atoms with van der Waals surface area (Å²) in [7, 11) is 0. The molecule has 24 heavy (non-hydrogen) atoms. The molecule has 0 N–H and O–H groups in total. The molecule has 0 radical (unpaired) electrons. The summed E-state index contributed by atoms with van der Waals surface area (Å²) in [5, 5.41) is 0.969. The summed E-state index contributed by atoms with van der Waals surface area (Å²) in [6, 6.07) is 3.18. The monoisotopic (exact) mass is 393 g/mol. The molecule has 0 aromatic heterocycles. The van der Waals surface area contributed by atoms with Gasteiger partial charge in [0.1, 0.15) is 0 Å². The first kappa shape index (κ1) is 19.2. The predicted octanol–water partition coefficient (Wildman–Crippen LogP) is 4.70. The Morgan fingerprint density at radius 2 is 1.92 bits per heavy atom. The Bertz CT molecular complexity index is 624. The number of halogens is 3. The van der Waals surface area contributed by atoms with Crippen molar-refractivity contribution in [2.24, 2.45) is 0 Å². The van der Waals surface area contributed by atoms with Crippen LogP contribution in [0, 0.1) is 0 Å². The van der Waals surface area contributed by atoms with Gasteiger partial charge >= 0.3 is 6.16 Å². The van der Waals surface area contributed by atoms with E-state index in [1.807, 2.05) is 0 Å². The zero-order chi connectivity index (χ0) is 17.7. The minimum absolute atomic E-state index is 0.0130. The van der Waals surface area contributed by atoms with Crippen molar-refractivity contribution in [1.82, 2.24) is 4.90 Å². The highest BCUT2D eigenvalue weighted by molar-refractivity contribution is 6.44. The summed E-state index contributed by atoms with van der Waals surface area (Å²) in [4.78, 5) is 25.7. The van der Waals surface area contributed by atoms with Gasteiger partial charge in [-0.3, -0.25) is 4.79 Å². The summed E-state index contributed by atoms with van der Waals surface area (Å²) < 4.78 is 10.0. The van der Waals surface area contributed by atoms with Crippen molar-refractivity contribution in [2.75, 3.05) is 13.2 Å². The molecule has 0 spiro atoms. The highest BCUT2D eigenvalue weighted by Crippen LogP contribution is 2.32. The highest BCUT2D eigenvalue weighted by atomic mass is 35.5. The second kappa shape index (κ2) is 8.79. The SMILES string of the molecule is CCOC(=O)OC1CCCCN1C(=O)Cc1c(Cl)ccc(Cl)c1Cl. The maximum absolute atomic E-state index is 12.7. The summed E-state index contributed by atoms with van der Waals surface area (Å²) >= 11 is 18.3. The van der Waals surface area contributed by atoms with E-state index in [1.165, 1.54) is 4.90 Å². The molecular weight excluding hydrogens is 377 g/mol. The average Bonchev–Trinajstić information content (AvgIpc) is 2.55. The van der Waals surface area contributed by atoms with Crippen LogP contribution in [-0.2, 0) is 20.7 Å². The first-order valence-corrected chi connectivity index (χ1v) is 8.82. The van der Waals surface area contributed by atoms with Crippen LogP contribution in [0.3, 0.4) is 0 Å². The van der Waals surface area contributed by atoms with E-state index in [2.05, 4.69) is 0 Å². The fourth-order valence-electron chi connectivity index (χ4n) is 2.56. The molecule has 1 saturated heterocycles. The molecule has 1 fully saturated rings. The van der Waals surface area contributed by atoms with E-state index >= 15 is 0 Å². The van der Waals surface area contributed by atoms with Gasteiger partial charge in [-0.2, -0.15) is 0 Å². The molecule has 1 amide bonds. The van der Waals surface area contributed by atoms with Crippen molar-refractivity contribution < 1.29 is 19.1 Å². The lowest BCUT2D eigenvalue weighted by molar-refractivity contribution is -0.145. The number of likely N-dealkylation sites (tertiary alicyclic amines) is 1. The van der Waals surface area contributed by atoms with Gasteiger partial charge < -0.3 is 14.4 Å². The van der Waals surface area contributed by atoms with Crippen LogP contribution in [0.25, 0.3) is 0 Å². The number of hydrogen-bond acceptors (Lipinski definition) is 4. The van der Waals surface area contributed by atoms with Crippen molar-refractivity contribution in [3.63, 3.8) is 0 Å². The normalized spacial score (nSPS) is 17.5. The Kier molecular flexibility index (Phi) is 7.02. The molecule has 0 aliphatic carbocycles. The molecule has 2 rings (SSSR count). The topological polar surface area (TPSA) is 55.8 Å². The number of piperidine rings is 1. The summed E-state index contributed by atoms with van der Waals surface area (Å²) in [5.41, 5.74) is 0.469. The number of nitrogens with zero attached hydrogens (tertiary/aromatic N) is 1. The molecule has 1 atom stereocenters. The summed E-state index contributed by atoms with van der Waals surface area (Å²) in [5.74, 6) is -0.227. The third kappa shape index (κ3) is 4.68. The fourth-order valence-corrected chi connectivity index (χ4v) is 3.24.